The molecule has 9 nitrogen and oxygen atoms in total. The number of hydrogen-bond acceptors (Lipinski definition) is 6. The van der Waals surface area contributed by atoms with E-state index in [1.165, 1.54) is 0 Å². The molecular formula is C29H38F3N3O6. The van der Waals surface area contributed by atoms with Crippen molar-refractivity contribution in [2.45, 2.75) is 58.4 Å². The van der Waals surface area contributed by atoms with Crippen molar-refractivity contribution in [3.63, 3.8) is 0 Å². The molecule has 0 spiro atoms. The minimum absolute atomic E-state index is 0.208. The van der Waals surface area contributed by atoms with Crippen molar-refractivity contribution < 1.29 is 42.5 Å². The summed E-state index contributed by atoms with van der Waals surface area (Å²) < 4.78 is 37.4. The average Bonchev–Trinajstić information content (AvgIpc) is 2.91. The number of piperidine rings is 1. The zero-order valence-corrected chi connectivity index (χ0v) is 23.7. The Bertz CT molecular complexity index is 1160. The fourth-order valence-electron chi connectivity index (χ4n) is 4.33. The third kappa shape index (κ3) is 11.0. The first-order valence-corrected chi connectivity index (χ1v) is 13.3. The SMILES string of the molecule is Cc1ccc(C(=O)Nc2ccc(N3CCC(N(C)CCCOC(C)C)CC3)c(C(=O)O)c2)cc1.O=C(O)C(F)(F)F. The van der Waals surface area contributed by atoms with Gasteiger partial charge in [0.2, 0.25) is 0 Å². The highest BCUT2D eigenvalue weighted by Crippen LogP contribution is 2.28. The first-order chi connectivity index (χ1) is 19.2. The Kier molecular flexibility index (Phi) is 12.6. The van der Waals surface area contributed by atoms with E-state index < -0.39 is 18.1 Å². The number of rotatable bonds is 10. The van der Waals surface area contributed by atoms with E-state index in [2.05, 4.69) is 36.0 Å². The number of aromatic carboxylic acids is 1. The Morgan fingerprint density at radius 3 is 2.17 bits per heavy atom. The topological polar surface area (TPSA) is 119 Å². The maximum atomic E-state index is 12.5. The quantitative estimate of drug-likeness (QED) is 0.324. The highest BCUT2D eigenvalue weighted by atomic mass is 19.4. The summed E-state index contributed by atoms with van der Waals surface area (Å²) in [5.41, 5.74) is 2.99. The minimum Gasteiger partial charge on any atom is -0.478 e. The maximum Gasteiger partial charge on any atom is 0.490 e. The number of alkyl halides is 3. The second kappa shape index (κ2) is 15.4. The number of ether oxygens (including phenoxy) is 1. The molecule has 1 saturated heterocycles. The Morgan fingerprint density at radius 1 is 1.07 bits per heavy atom. The number of amides is 1. The molecule has 12 heteroatoms. The van der Waals surface area contributed by atoms with Gasteiger partial charge >= 0.3 is 18.1 Å². The van der Waals surface area contributed by atoms with Gasteiger partial charge in [-0.1, -0.05) is 17.7 Å². The molecule has 226 valence electrons. The van der Waals surface area contributed by atoms with Gasteiger partial charge in [0.15, 0.2) is 0 Å². The van der Waals surface area contributed by atoms with Gasteiger partial charge < -0.3 is 30.1 Å². The lowest BCUT2D eigenvalue weighted by molar-refractivity contribution is -0.192. The van der Waals surface area contributed by atoms with Crippen LogP contribution in [0.15, 0.2) is 42.5 Å². The number of nitrogens with zero attached hydrogens (tertiary/aromatic N) is 2. The van der Waals surface area contributed by atoms with E-state index >= 15 is 0 Å². The summed E-state index contributed by atoms with van der Waals surface area (Å²) in [6.45, 7) is 9.43. The third-order valence-electron chi connectivity index (χ3n) is 6.58. The van der Waals surface area contributed by atoms with Gasteiger partial charge in [0.25, 0.3) is 5.91 Å². The summed E-state index contributed by atoms with van der Waals surface area (Å²) in [5.74, 6) is -4.01. The number of aryl methyl sites for hydroxylation is 1. The van der Waals surface area contributed by atoms with Crippen molar-refractivity contribution in [3.05, 3.63) is 59.2 Å². The van der Waals surface area contributed by atoms with Crippen LogP contribution < -0.4 is 10.2 Å². The molecule has 1 amide bonds. The lowest BCUT2D eigenvalue weighted by Crippen LogP contribution is -2.44. The van der Waals surface area contributed by atoms with Crippen molar-refractivity contribution in [2.24, 2.45) is 0 Å². The number of nitrogens with one attached hydrogen (secondary N) is 1. The number of carboxylic acids is 2. The molecule has 0 aromatic heterocycles. The van der Waals surface area contributed by atoms with Crippen LogP contribution in [-0.2, 0) is 9.53 Å². The van der Waals surface area contributed by atoms with E-state index in [4.69, 9.17) is 14.6 Å². The van der Waals surface area contributed by atoms with Gasteiger partial charge in [-0.3, -0.25) is 4.79 Å². The monoisotopic (exact) mass is 581 g/mol. The molecule has 1 heterocycles. The molecular weight excluding hydrogens is 543 g/mol. The van der Waals surface area contributed by atoms with Gasteiger partial charge in [-0.05, 0) is 77.4 Å². The first-order valence-electron chi connectivity index (χ1n) is 13.3. The fourth-order valence-corrected chi connectivity index (χ4v) is 4.33. The number of halogens is 3. The number of carboxylic acid groups (broad SMARTS) is 2. The summed E-state index contributed by atoms with van der Waals surface area (Å²) in [6.07, 6.45) is -1.85. The largest absolute Gasteiger partial charge is 0.490 e. The van der Waals surface area contributed by atoms with Gasteiger partial charge in [-0.15, -0.1) is 0 Å². The second-order valence-corrected chi connectivity index (χ2v) is 10.1. The van der Waals surface area contributed by atoms with Crippen LogP contribution in [0, 0.1) is 6.92 Å². The average molecular weight is 582 g/mol. The number of anilines is 2. The molecule has 2 aromatic rings. The zero-order chi connectivity index (χ0) is 30.7. The number of aliphatic carboxylic acids is 1. The third-order valence-corrected chi connectivity index (χ3v) is 6.58. The molecule has 2 aromatic carbocycles. The van der Waals surface area contributed by atoms with E-state index in [1.807, 2.05) is 25.1 Å². The predicted molar refractivity (Wildman–Crippen MR) is 150 cm³/mol. The Balaban J connectivity index is 0.000000745. The van der Waals surface area contributed by atoms with Crippen LogP contribution in [0.25, 0.3) is 0 Å². The van der Waals surface area contributed by atoms with E-state index in [0.29, 0.717) is 23.0 Å². The van der Waals surface area contributed by atoms with Crippen LogP contribution in [-0.4, -0.2) is 84.6 Å². The van der Waals surface area contributed by atoms with Crippen LogP contribution in [0.2, 0.25) is 0 Å². The van der Waals surface area contributed by atoms with Crippen molar-refractivity contribution in [3.8, 4) is 0 Å². The normalized spacial score (nSPS) is 14.0. The molecule has 3 rings (SSSR count). The summed E-state index contributed by atoms with van der Waals surface area (Å²) >= 11 is 0. The van der Waals surface area contributed by atoms with Gasteiger partial charge in [-0.2, -0.15) is 13.2 Å². The molecule has 0 bridgehead atoms. The summed E-state index contributed by atoms with van der Waals surface area (Å²) in [6, 6.07) is 12.9. The summed E-state index contributed by atoms with van der Waals surface area (Å²) in [5, 5.41) is 19.8. The molecule has 1 aliphatic rings. The molecule has 0 radical (unpaired) electrons. The van der Waals surface area contributed by atoms with E-state index in [9.17, 15) is 27.9 Å². The summed E-state index contributed by atoms with van der Waals surface area (Å²) in [4.78, 5) is 38.0. The Labute approximate surface area is 237 Å². The van der Waals surface area contributed by atoms with Gasteiger partial charge in [-0.25, -0.2) is 9.59 Å². The van der Waals surface area contributed by atoms with Crippen molar-refractivity contribution in [2.75, 3.05) is 43.5 Å². The lowest BCUT2D eigenvalue weighted by atomic mass is 10.0. The first kappa shape index (κ1) is 33.6. The fraction of sp³-hybridized carbons (Fsp3) is 0.483. The van der Waals surface area contributed by atoms with Crippen LogP contribution in [0.3, 0.4) is 0 Å². The lowest BCUT2D eigenvalue weighted by Gasteiger charge is -2.38. The molecule has 1 fully saturated rings. The van der Waals surface area contributed by atoms with Crippen molar-refractivity contribution >= 4 is 29.2 Å². The zero-order valence-electron chi connectivity index (χ0n) is 23.7. The standard InChI is InChI=1S/C27H37N3O4.C2HF3O2/c1-19(2)34-17-5-14-29(4)23-12-15-30(16-13-23)25-11-10-22(18-24(25)27(32)33)28-26(31)21-8-6-20(3)7-9-21;3-2(4,5)1(6)7/h6-11,18-19,23H,5,12-17H2,1-4H3,(H,28,31)(H,32,33);(H,6,7). The number of benzene rings is 2. The highest BCUT2D eigenvalue weighted by molar-refractivity contribution is 6.05. The minimum atomic E-state index is -5.08. The summed E-state index contributed by atoms with van der Waals surface area (Å²) in [7, 11) is 2.16. The van der Waals surface area contributed by atoms with Gasteiger partial charge in [0.1, 0.15) is 0 Å². The van der Waals surface area contributed by atoms with E-state index in [-0.39, 0.29) is 17.6 Å². The van der Waals surface area contributed by atoms with Gasteiger partial charge in [0, 0.05) is 43.5 Å². The predicted octanol–water partition coefficient (Wildman–Crippen LogP) is 5.29. The molecule has 41 heavy (non-hydrogen) atoms. The molecule has 3 N–H and O–H groups in total. The van der Waals surface area contributed by atoms with Crippen molar-refractivity contribution in [1.29, 1.82) is 0 Å². The van der Waals surface area contributed by atoms with Crippen LogP contribution in [0.5, 0.6) is 0 Å². The highest BCUT2D eigenvalue weighted by Gasteiger charge is 2.38. The maximum absolute atomic E-state index is 12.5. The second-order valence-electron chi connectivity index (χ2n) is 10.1. The smallest absolute Gasteiger partial charge is 0.478 e. The van der Waals surface area contributed by atoms with Gasteiger partial charge in [0.05, 0.1) is 17.4 Å². The van der Waals surface area contributed by atoms with Crippen LogP contribution >= 0.6 is 0 Å². The van der Waals surface area contributed by atoms with Crippen LogP contribution in [0.4, 0.5) is 24.5 Å². The Hall–Kier alpha value is -3.64. The Morgan fingerprint density at radius 2 is 1.66 bits per heavy atom. The van der Waals surface area contributed by atoms with Crippen LogP contribution in [0.1, 0.15) is 59.4 Å². The number of carbonyl (C=O) groups excluding carboxylic acids is 1. The molecule has 0 saturated carbocycles. The number of hydrogen-bond donors (Lipinski definition) is 3. The van der Waals surface area contributed by atoms with E-state index in [0.717, 1.165) is 51.1 Å². The van der Waals surface area contributed by atoms with Crippen molar-refractivity contribution in [1.82, 2.24) is 4.90 Å². The molecule has 0 unspecified atom stereocenters. The number of carbonyl (C=O) groups is 3. The molecule has 1 aliphatic heterocycles. The molecule has 0 aliphatic carbocycles. The molecule has 0 atom stereocenters. The van der Waals surface area contributed by atoms with E-state index in [1.54, 1.807) is 24.3 Å².